The summed E-state index contributed by atoms with van der Waals surface area (Å²) < 4.78 is 0. The quantitative estimate of drug-likeness (QED) is 0.787. The van der Waals surface area contributed by atoms with Crippen LogP contribution in [0.2, 0.25) is 0 Å². The summed E-state index contributed by atoms with van der Waals surface area (Å²) in [5, 5.41) is 12.9. The van der Waals surface area contributed by atoms with Gasteiger partial charge < -0.3 is 10.4 Å². The average molecular weight is 254 g/mol. The molecule has 0 bridgehead atoms. The first-order valence-corrected chi connectivity index (χ1v) is 7.25. The molecule has 2 aliphatic rings. The minimum absolute atomic E-state index is 0.0724. The first-order valence-electron chi connectivity index (χ1n) is 7.25. The highest BCUT2D eigenvalue weighted by atomic mass is 16.3. The van der Waals surface area contributed by atoms with Crippen molar-refractivity contribution in [1.29, 1.82) is 0 Å². The predicted molar refractivity (Wildman–Crippen MR) is 71.2 cm³/mol. The standard InChI is InChI=1S/C14H26N2O2/c1-4-9(2)15-14(18)10(3)16-7-11-5-6-13(17)12(11)8-16/h9-13,17H,4-8H2,1-3H3,(H,15,18). The molecule has 18 heavy (non-hydrogen) atoms. The molecule has 1 saturated carbocycles. The van der Waals surface area contributed by atoms with Crippen LogP contribution in [0.25, 0.3) is 0 Å². The maximum Gasteiger partial charge on any atom is 0.237 e. The molecule has 2 N–H and O–H groups in total. The molecule has 0 aromatic heterocycles. The van der Waals surface area contributed by atoms with Crippen molar-refractivity contribution in [3.05, 3.63) is 0 Å². The molecule has 1 aliphatic carbocycles. The highest BCUT2D eigenvalue weighted by molar-refractivity contribution is 5.81. The molecule has 2 fully saturated rings. The number of nitrogens with one attached hydrogen (secondary N) is 1. The predicted octanol–water partition coefficient (Wildman–Crippen LogP) is 0.992. The molecular formula is C14H26N2O2. The van der Waals surface area contributed by atoms with Gasteiger partial charge in [-0.25, -0.2) is 0 Å². The summed E-state index contributed by atoms with van der Waals surface area (Å²) in [5.41, 5.74) is 0. The minimum atomic E-state index is -0.148. The Morgan fingerprint density at radius 1 is 1.39 bits per heavy atom. The van der Waals surface area contributed by atoms with Crippen LogP contribution in [-0.4, -0.2) is 47.2 Å². The number of carbonyl (C=O) groups excluding carboxylic acids is 1. The number of hydrogen-bond donors (Lipinski definition) is 2. The third-order valence-corrected chi connectivity index (χ3v) is 4.78. The highest BCUT2D eigenvalue weighted by Crippen LogP contribution is 2.38. The zero-order valence-electron chi connectivity index (χ0n) is 11.7. The zero-order valence-corrected chi connectivity index (χ0v) is 11.7. The first-order chi connectivity index (χ1) is 8.52. The molecular weight excluding hydrogens is 228 g/mol. The number of carbonyl (C=O) groups is 1. The topological polar surface area (TPSA) is 52.6 Å². The van der Waals surface area contributed by atoms with Crippen LogP contribution < -0.4 is 5.32 Å². The van der Waals surface area contributed by atoms with Crippen molar-refractivity contribution in [2.24, 2.45) is 11.8 Å². The fourth-order valence-corrected chi connectivity index (χ4v) is 3.22. The van der Waals surface area contributed by atoms with E-state index in [2.05, 4.69) is 17.1 Å². The summed E-state index contributed by atoms with van der Waals surface area (Å²) in [6.07, 6.45) is 2.87. The summed E-state index contributed by atoms with van der Waals surface area (Å²) in [6, 6.07) is 0.171. The SMILES string of the molecule is CCC(C)NC(=O)C(C)N1CC2CCC(O)C2C1. The Hall–Kier alpha value is -0.610. The Morgan fingerprint density at radius 2 is 2.11 bits per heavy atom. The lowest BCUT2D eigenvalue weighted by Gasteiger charge is -2.26. The third-order valence-electron chi connectivity index (χ3n) is 4.78. The van der Waals surface area contributed by atoms with Crippen LogP contribution in [-0.2, 0) is 4.79 Å². The van der Waals surface area contributed by atoms with Crippen LogP contribution in [0.5, 0.6) is 0 Å². The van der Waals surface area contributed by atoms with Gasteiger partial charge in [0.05, 0.1) is 12.1 Å². The van der Waals surface area contributed by atoms with Gasteiger partial charge in [0.25, 0.3) is 0 Å². The molecule has 1 heterocycles. The maximum absolute atomic E-state index is 12.1. The van der Waals surface area contributed by atoms with Crippen LogP contribution >= 0.6 is 0 Å². The van der Waals surface area contributed by atoms with Gasteiger partial charge in [0.1, 0.15) is 0 Å². The summed E-state index contributed by atoms with van der Waals surface area (Å²) >= 11 is 0. The Labute approximate surface area is 110 Å². The molecule has 5 unspecified atom stereocenters. The Kier molecular flexibility index (Phi) is 4.28. The van der Waals surface area contributed by atoms with Crippen LogP contribution in [0.15, 0.2) is 0 Å². The molecule has 0 aromatic rings. The van der Waals surface area contributed by atoms with E-state index in [4.69, 9.17) is 0 Å². The smallest absolute Gasteiger partial charge is 0.237 e. The highest BCUT2D eigenvalue weighted by Gasteiger charge is 2.43. The molecule has 4 nitrogen and oxygen atoms in total. The van der Waals surface area contributed by atoms with Gasteiger partial charge in [0, 0.05) is 25.0 Å². The number of aliphatic hydroxyl groups is 1. The minimum Gasteiger partial charge on any atom is -0.393 e. The van der Waals surface area contributed by atoms with E-state index in [0.717, 1.165) is 32.4 Å². The van der Waals surface area contributed by atoms with Crippen molar-refractivity contribution in [1.82, 2.24) is 10.2 Å². The maximum atomic E-state index is 12.1. The Morgan fingerprint density at radius 3 is 2.72 bits per heavy atom. The van der Waals surface area contributed by atoms with Gasteiger partial charge in [-0.15, -0.1) is 0 Å². The van der Waals surface area contributed by atoms with Gasteiger partial charge in [-0.1, -0.05) is 6.92 Å². The van der Waals surface area contributed by atoms with Gasteiger partial charge >= 0.3 is 0 Å². The van der Waals surface area contributed by atoms with Crippen molar-refractivity contribution in [3.63, 3.8) is 0 Å². The molecule has 2 rings (SSSR count). The van der Waals surface area contributed by atoms with E-state index in [-0.39, 0.29) is 24.1 Å². The van der Waals surface area contributed by atoms with Crippen molar-refractivity contribution in [3.8, 4) is 0 Å². The van der Waals surface area contributed by atoms with Gasteiger partial charge in [-0.05, 0) is 39.0 Å². The average Bonchev–Trinajstić information content (AvgIpc) is 2.91. The summed E-state index contributed by atoms with van der Waals surface area (Å²) in [6.45, 7) is 7.93. The fourth-order valence-electron chi connectivity index (χ4n) is 3.22. The second-order valence-corrected chi connectivity index (χ2v) is 6.02. The van der Waals surface area contributed by atoms with Crippen molar-refractivity contribution in [2.75, 3.05) is 13.1 Å². The Bertz CT molecular complexity index is 308. The van der Waals surface area contributed by atoms with Crippen LogP contribution in [0.1, 0.15) is 40.0 Å². The van der Waals surface area contributed by atoms with Gasteiger partial charge in [0.2, 0.25) is 5.91 Å². The van der Waals surface area contributed by atoms with Gasteiger partial charge in [-0.3, -0.25) is 9.69 Å². The number of nitrogens with zero attached hydrogens (tertiary/aromatic N) is 1. The van der Waals surface area contributed by atoms with E-state index < -0.39 is 0 Å². The van der Waals surface area contributed by atoms with Gasteiger partial charge in [0.15, 0.2) is 0 Å². The van der Waals surface area contributed by atoms with E-state index in [0.29, 0.717) is 11.8 Å². The lowest BCUT2D eigenvalue weighted by molar-refractivity contribution is -0.126. The molecule has 0 spiro atoms. The normalized spacial score (nSPS) is 35.2. The van der Waals surface area contributed by atoms with E-state index in [1.54, 1.807) is 0 Å². The number of aliphatic hydroxyl groups excluding tert-OH is 1. The number of rotatable bonds is 4. The largest absolute Gasteiger partial charge is 0.393 e. The monoisotopic (exact) mass is 254 g/mol. The Balaban J connectivity index is 1.87. The molecule has 0 aromatic carbocycles. The summed E-state index contributed by atoms with van der Waals surface area (Å²) in [4.78, 5) is 14.3. The first kappa shape index (κ1) is 13.8. The number of fused-ring (bicyclic) bond motifs is 1. The second kappa shape index (κ2) is 5.57. The van der Waals surface area contributed by atoms with Gasteiger partial charge in [-0.2, -0.15) is 0 Å². The number of amides is 1. The number of likely N-dealkylation sites (tertiary alicyclic amines) is 1. The van der Waals surface area contributed by atoms with Crippen molar-refractivity contribution in [2.45, 2.75) is 58.2 Å². The zero-order chi connectivity index (χ0) is 13.3. The summed E-state index contributed by atoms with van der Waals surface area (Å²) in [7, 11) is 0. The number of hydrogen-bond acceptors (Lipinski definition) is 3. The van der Waals surface area contributed by atoms with E-state index in [9.17, 15) is 9.90 Å². The lowest BCUT2D eigenvalue weighted by atomic mass is 10.00. The lowest BCUT2D eigenvalue weighted by Crippen LogP contribution is -2.47. The van der Waals surface area contributed by atoms with Crippen LogP contribution in [0.3, 0.4) is 0 Å². The molecule has 1 amide bonds. The van der Waals surface area contributed by atoms with E-state index in [1.165, 1.54) is 0 Å². The van der Waals surface area contributed by atoms with Crippen LogP contribution in [0, 0.1) is 11.8 Å². The third kappa shape index (κ3) is 2.69. The van der Waals surface area contributed by atoms with E-state index in [1.807, 2.05) is 13.8 Å². The van der Waals surface area contributed by atoms with Crippen molar-refractivity contribution >= 4 is 5.91 Å². The second-order valence-electron chi connectivity index (χ2n) is 6.02. The molecule has 5 atom stereocenters. The molecule has 4 heteroatoms. The fraction of sp³-hybridized carbons (Fsp3) is 0.929. The van der Waals surface area contributed by atoms with Crippen molar-refractivity contribution < 1.29 is 9.90 Å². The molecule has 104 valence electrons. The summed E-state index contributed by atoms with van der Waals surface area (Å²) in [5.74, 6) is 1.11. The van der Waals surface area contributed by atoms with E-state index >= 15 is 0 Å². The molecule has 1 aliphatic heterocycles. The molecule has 1 saturated heterocycles. The van der Waals surface area contributed by atoms with Crippen LogP contribution in [0.4, 0.5) is 0 Å². The molecule has 0 radical (unpaired) electrons.